The van der Waals surface area contributed by atoms with Gasteiger partial charge in [0.25, 0.3) is 0 Å². The minimum Gasteiger partial charge on any atom is -0.380 e. The molecule has 0 aliphatic rings. The van der Waals surface area contributed by atoms with Crippen LogP contribution in [0.5, 0.6) is 0 Å². The highest BCUT2D eigenvalue weighted by atomic mass is 35.5. The Kier molecular flexibility index (Phi) is 3.66. The second-order valence-corrected chi connectivity index (χ2v) is 5.25. The molecule has 1 heterocycles. The van der Waals surface area contributed by atoms with Crippen molar-refractivity contribution in [2.24, 2.45) is 0 Å². The molecule has 0 aliphatic carbocycles. The first-order valence-corrected chi connectivity index (χ1v) is 6.76. The second kappa shape index (κ2) is 5.02. The van der Waals surface area contributed by atoms with Gasteiger partial charge in [-0.15, -0.1) is 11.3 Å². The lowest BCUT2D eigenvalue weighted by Crippen LogP contribution is -2.15. The van der Waals surface area contributed by atoms with Gasteiger partial charge in [-0.1, -0.05) is 24.9 Å². The van der Waals surface area contributed by atoms with Gasteiger partial charge in [-0.25, -0.2) is 4.98 Å². The summed E-state index contributed by atoms with van der Waals surface area (Å²) < 4.78 is 1.18. The summed E-state index contributed by atoms with van der Waals surface area (Å²) in [5.74, 6) is 0. The van der Waals surface area contributed by atoms with Gasteiger partial charge in [-0.05, 0) is 25.5 Å². The van der Waals surface area contributed by atoms with E-state index in [1.807, 2.05) is 17.6 Å². The maximum Gasteiger partial charge on any atom is 0.106 e. The van der Waals surface area contributed by atoms with E-state index in [0.29, 0.717) is 6.04 Å². The first-order chi connectivity index (χ1) is 7.72. The lowest BCUT2D eigenvalue weighted by atomic mass is 10.2. The number of halogens is 1. The zero-order valence-electron chi connectivity index (χ0n) is 9.46. The number of aromatic nitrogens is 1. The molecule has 1 N–H and O–H groups in total. The van der Waals surface area contributed by atoms with Crippen molar-refractivity contribution >= 4 is 38.8 Å². The number of rotatable bonds is 4. The van der Waals surface area contributed by atoms with Crippen LogP contribution < -0.4 is 5.32 Å². The SMILES string of the molecule is CCCC(C)Nc1c(Cl)ccc2scnc12. The van der Waals surface area contributed by atoms with E-state index in [9.17, 15) is 0 Å². The first kappa shape index (κ1) is 11.7. The molecule has 1 aromatic carbocycles. The van der Waals surface area contributed by atoms with Gasteiger partial charge in [0.1, 0.15) is 5.52 Å². The number of nitrogens with one attached hydrogen (secondary N) is 1. The van der Waals surface area contributed by atoms with Crippen LogP contribution in [0.25, 0.3) is 10.2 Å². The van der Waals surface area contributed by atoms with Gasteiger partial charge >= 0.3 is 0 Å². The number of hydrogen-bond acceptors (Lipinski definition) is 3. The van der Waals surface area contributed by atoms with Crippen LogP contribution in [0.3, 0.4) is 0 Å². The molecule has 16 heavy (non-hydrogen) atoms. The normalized spacial score (nSPS) is 12.9. The van der Waals surface area contributed by atoms with Gasteiger partial charge in [0, 0.05) is 6.04 Å². The standard InChI is InChI=1S/C12H15ClN2S/c1-3-4-8(2)15-11-9(13)5-6-10-12(11)14-7-16-10/h5-8,15H,3-4H2,1-2H3. The smallest absolute Gasteiger partial charge is 0.106 e. The monoisotopic (exact) mass is 254 g/mol. The topological polar surface area (TPSA) is 24.9 Å². The van der Waals surface area contributed by atoms with Gasteiger partial charge in [-0.2, -0.15) is 0 Å². The van der Waals surface area contributed by atoms with Crippen molar-refractivity contribution in [1.29, 1.82) is 0 Å². The summed E-state index contributed by atoms with van der Waals surface area (Å²) in [7, 11) is 0. The average Bonchev–Trinajstić information content (AvgIpc) is 2.71. The largest absolute Gasteiger partial charge is 0.380 e. The van der Waals surface area contributed by atoms with Gasteiger partial charge in [0.15, 0.2) is 0 Å². The first-order valence-electron chi connectivity index (χ1n) is 5.50. The fraction of sp³-hybridized carbons (Fsp3) is 0.417. The summed E-state index contributed by atoms with van der Waals surface area (Å²) in [6.45, 7) is 4.36. The summed E-state index contributed by atoms with van der Waals surface area (Å²) in [4.78, 5) is 4.36. The molecule has 0 aliphatic heterocycles. The number of benzene rings is 1. The molecule has 0 fully saturated rings. The Bertz CT molecular complexity index is 481. The van der Waals surface area contributed by atoms with Crippen molar-refractivity contribution in [3.05, 3.63) is 22.7 Å². The highest BCUT2D eigenvalue weighted by Crippen LogP contribution is 2.32. The van der Waals surface area contributed by atoms with Crippen molar-refractivity contribution in [3.8, 4) is 0 Å². The molecule has 1 aromatic heterocycles. The maximum absolute atomic E-state index is 6.21. The molecular weight excluding hydrogens is 240 g/mol. The third-order valence-electron chi connectivity index (χ3n) is 2.56. The molecule has 0 amide bonds. The molecular formula is C12H15ClN2S. The fourth-order valence-corrected chi connectivity index (χ4v) is 2.69. The lowest BCUT2D eigenvalue weighted by Gasteiger charge is -2.15. The summed E-state index contributed by atoms with van der Waals surface area (Å²) in [6, 6.07) is 4.38. The Morgan fingerprint density at radius 3 is 3.06 bits per heavy atom. The Labute approximate surface area is 105 Å². The van der Waals surface area contributed by atoms with Crippen LogP contribution in [0.15, 0.2) is 17.6 Å². The van der Waals surface area contributed by atoms with Crippen molar-refractivity contribution < 1.29 is 0 Å². The van der Waals surface area contributed by atoms with E-state index < -0.39 is 0 Å². The highest BCUT2D eigenvalue weighted by Gasteiger charge is 2.10. The molecule has 1 atom stereocenters. The van der Waals surface area contributed by atoms with Gasteiger partial charge < -0.3 is 5.32 Å². The zero-order chi connectivity index (χ0) is 11.5. The molecule has 0 radical (unpaired) electrons. The summed E-state index contributed by atoms with van der Waals surface area (Å²) in [5, 5.41) is 4.20. The molecule has 2 rings (SSSR count). The average molecular weight is 255 g/mol. The Balaban J connectivity index is 2.34. The van der Waals surface area contributed by atoms with Crippen molar-refractivity contribution in [1.82, 2.24) is 4.98 Å². The molecule has 2 aromatic rings. The molecule has 86 valence electrons. The highest BCUT2D eigenvalue weighted by molar-refractivity contribution is 7.16. The van der Waals surface area contributed by atoms with Crippen molar-refractivity contribution in [3.63, 3.8) is 0 Å². The quantitative estimate of drug-likeness (QED) is 0.866. The summed E-state index contributed by atoms with van der Waals surface area (Å²) >= 11 is 7.85. The number of thiazole rings is 1. The lowest BCUT2D eigenvalue weighted by molar-refractivity contribution is 0.691. The van der Waals surface area contributed by atoms with Crippen molar-refractivity contribution in [2.75, 3.05) is 5.32 Å². The molecule has 4 heteroatoms. The predicted molar refractivity (Wildman–Crippen MR) is 72.6 cm³/mol. The molecule has 0 bridgehead atoms. The van der Waals surface area contributed by atoms with Crippen LogP contribution >= 0.6 is 22.9 Å². The van der Waals surface area contributed by atoms with E-state index in [-0.39, 0.29) is 0 Å². The minimum absolute atomic E-state index is 0.426. The van der Waals surface area contributed by atoms with Crippen LogP contribution in [0, 0.1) is 0 Å². The third-order valence-corrected chi connectivity index (χ3v) is 3.67. The molecule has 1 unspecified atom stereocenters. The third kappa shape index (κ3) is 2.30. The van der Waals surface area contributed by atoms with E-state index >= 15 is 0 Å². The molecule has 0 spiro atoms. The predicted octanol–water partition coefficient (Wildman–Crippen LogP) is 4.55. The maximum atomic E-state index is 6.21. The number of anilines is 1. The zero-order valence-corrected chi connectivity index (χ0v) is 11.0. The molecule has 2 nitrogen and oxygen atoms in total. The van der Waals surface area contributed by atoms with E-state index in [2.05, 4.69) is 24.1 Å². The minimum atomic E-state index is 0.426. The number of hydrogen-bond donors (Lipinski definition) is 1. The fourth-order valence-electron chi connectivity index (χ4n) is 1.80. The second-order valence-electron chi connectivity index (χ2n) is 3.96. The van der Waals surface area contributed by atoms with Crippen LogP contribution in [0.2, 0.25) is 5.02 Å². The van der Waals surface area contributed by atoms with Crippen LogP contribution in [0.1, 0.15) is 26.7 Å². The Morgan fingerprint density at radius 2 is 2.31 bits per heavy atom. The van der Waals surface area contributed by atoms with Crippen LogP contribution in [-0.2, 0) is 0 Å². The van der Waals surface area contributed by atoms with Crippen LogP contribution in [-0.4, -0.2) is 11.0 Å². The van der Waals surface area contributed by atoms with E-state index in [0.717, 1.165) is 22.6 Å². The number of fused-ring (bicyclic) bond motifs is 1. The summed E-state index contributed by atoms with van der Waals surface area (Å²) in [5.41, 5.74) is 3.82. The van der Waals surface area contributed by atoms with E-state index in [4.69, 9.17) is 11.6 Å². The van der Waals surface area contributed by atoms with Gasteiger partial charge in [0.05, 0.1) is 20.9 Å². The molecule has 0 saturated heterocycles. The number of nitrogens with zero attached hydrogens (tertiary/aromatic N) is 1. The Morgan fingerprint density at radius 1 is 1.50 bits per heavy atom. The van der Waals surface area contributed by atoms with E-state index in [1.165, 1.54) is 11.1 Å². The van der Waals surface area contributed by atoms with Crippen LogP contribution in [0.4, 0.5) is 5.69 Å². The Hall–Kier alpha value is -0.800. The van der Waals surface area contributed by atoms with Crippen molar-refractivity contribution in [2.45, 2.75) is 32.7 Å². The van der Waals surface area contributed by atoms with Gasteiger partial charge in [-0.3, -0.25) is 0 Å². The van der Waals surface area contributed by atoms with Gasteiger partial charge in [0.2, 0.25) is 0 Å². The summed E-state index contributed by atoms with van der Waals surface area (Å²) in [6.07, 6.45) is 2.30. The van der Waals surface area contributed by atoms with E-state index in [1.54, 1.807) is 11.3 Å². The molecule has 0 saturated carbocycles.